The zero-order chi connectivity index (χ0) is 17.0. The van der Waals surface area contributed by atoms with Crippen LogP contribution in [0.25, 0.3) is 6.08 Å². The van der Waals surface area contributed by atoms with E-state index in [9.17, 15) is 26.2 Å². The largest absolute Gasteiger partial charge is 0.417 e. The summed E-state index contributed by atoms with van der Waals surface area (Å²) in [7, 11) is -1.58. The highest BCUT2D eigenvalue weighted by Crippen LogP contribution is 2.33. The number of benzene rings is 2. The van der Waals surface area contributed by atoms with Crippen molar-refractivity contribution in [2.24, 2.45) is 0 Å². The van der Waals surface area contributed by atoms with Crippen LogP contribution in [-0.4, -0.2) is 4.21 Å². The van der Waals surface area contributed by atoms with Gasteiger partial charge < -0.3 is 0 Å². The minimum atomic E-state index is -4.71. The van der Waals surface area contributed by atoms with E-state index < -0.39 is 34.2 Å². The van der Waals surface area contributed by atoms with E-state index in [0.29, 0.717) is 11.6 Å². The molecule has 0 amide bonds. The third-order valence-corrected chi connectivity index (χ3v) is 4.00. The van der Waals surface area contributed by atoms with Crippen LogP contribution in [0.3, 0.4) is 0 Å². The molecule has 0 aromatic heterocycles. The fourth-order valence-electron chi connectivity index (χ4n) is 1.86. The quantitative estimate of drug-likeness (QED) is 0.720. The first-order chi connectivity index (χ1) is 10.8. The average Bonchev–Trinajstić information content (AvgIpc) is 2.47. The Morgan fingerprint density at radius 3 is 2.17 bits per heavy atom. The van der Waals surface area contributed by atoms with Crippen LogP contribution < -0.4 is 0 Å². The molecule has 0 aliphatic carbocycles. The van der Waals surface area contributed by atoms with Gasteiger partial charge in [-0.15, -0.1) is 0 Å². The molecule has 0 fully saturated rings. The third-order valence-electron chi connectivity index (χ3n) is 2.94. The van der Waals surface area contributed by atoms with Crippen molar-refractivity contribution in [3.8, 4) is 0 Å². The van der Waals surface area contributed by atoms with Gasteiger partial charge in [0, 0.05) is 5.41 Å². The first-order valence-corrected chi connectivity index (χ1v) is 7.80. The maximum atomic E-state index is 13.0. The second kappa shape index (κ2) is 7.04. The van der Waals surface area contributed by atoms with Gasteiger partial charge in [-0.1, -0.05) is 18.2 Å². The molecule has 0 saturated carbocycles. The molecule has 0 aliphatic rings. The number of hydrogen-bond acceptors (Lipinski definition) is 1. The Morgan fingerprint density at radius 2 is 1.57 bits per heavy atom. The molecule has 0 heterocycles. The molecule has 7 heteroatoms. The Labute approximate surface area is 131 Å². The number of rotatable bonds is 4. The summed E-state index contributed by atoms with van der Waals surface area (Å²) in [5.41, 5.74) is -0.816. The van der Waals surface area contributed by atoms with Gasteiger partial charge in [0.2, 0.25) is 0 Å². The van der Waals surface area contributed by atoms with Gasteiger partial charge in [0.1, 0.15) is 11.6 Å². The van der Waals surface area contributed by atoms with E-state index in [4.69, 9.17) is 0 Å². The molecule has 0 aliphatic heterocycles. The molecule has 122 valence electrons. The van der Waals surface area contributed by atoms with Crippen LogP contribution in [0.5, 0.6) is 0 Å². The van der Waals surface area contributed by atoms with Crippen LogP contribution in [0.4, 0.5) is 22.0 Å². The lowest BCUT2D eigenvalue weighted by molar-refractivity contribution is -0.137. The minimum absolute atomic E-state index is 0.0410. The molecular formula is C16H11F5OS. The predicted molar refractivity (Wildman–Crippen MR) is 78.7 cm³/mol. The maximum absolute atomic E-state index is 13.0. The van der Waals surface area contributed by atoms with Gasteiger partial charge in [0.15, 0.2) is 0 Å². The van der Waals surface area contributed by atoms with Crippen molar-refractivity contribution in [2.45, 2.75) is 11.9 Å². The molecule has 0 radical (unpaired) electrons. The van der Waals surface area contributed by atoms with Crippen LogP contribution in [0, 0.1) is 11.6 Å². The lowest BCUT2D eigenvalue weighted by Crippen LogP contribution is -2.08. The molecule has 0 bridgehead atoms. The highest BCUT2D eigenvalue weighted by molar-refractivity contribution is 7.87. The summed E-state index contributed by atoms with van der Waals surface area (Å²) >= 11 is 0. The van der Waals surface area contributed by atoms with Crippen LogP contribution in [-0.2, 0) is 22.7 Å². The molecule has 2 aromatic carbocycles. The summed E-state index contributed by atoms with van der Waals surface area (Å²) in [6.45, 7) is 0. The highest BCUT2D eigenvalue weighted by Gasteiger charge is 2.33. The SMILES string of the molecule is O=S(C=Cc1ccc(F)cc1C(F)(F)F)Cc1ccc(F)cc1. The number of hydrogen-bond donors (Lipinski definition) is 0. The van der Waals surface area contributed by atoms with Crippen molar-refractivity contribution >= 4 is 16.9 Å². The van der Waals surface area contributed by atoms with Crippen molar-refractivity contribution in [3.05, 3.63) is 76.2 Å². The third kappa shape index (κ3) is 4.99. The summed E-state index contributed by atoms with van der Waals surface area (Å²) in [5.74, 6) is -1.39. The van der Waals surface area contributed by atoms with Gasteiger partial charge in [0.25, 0.3) is 0 Å². The molecule has 0 saturated heterocycles. The summed E-state index contributed by atoms with van der Waals surface area (Å²) in [5, 5.41) is 1.10. The maximum Gasteiger partial charge on any atom is 0.417 e. The summed E-state index contributed by atoms with van der Waals surface area (Å²) in [6.07, 6.45) is -3.66. The van der Waals surface area contributed by atoms with E-state index in [2.05, 4.69) is 0 Å². The lowest BCUT2D eigenvalue weighted by Gasteiger charge is -2.10. The fraction of sp³-hybridized carbons (Fsp3) is 0.125. The van der Waals surface area contributed by atoms with Crippen LogP contribution in [0.1, 0.15) is 16.7 Å². The highest BCUT2D eigenvalue weighted by atomic mass is 32.2. The summed E-state index contributed by atoms with van der Waals surface area (Å²) in [6, 6.07) is 7.57. The molecule has 2 aromatic rings. The van der Waals surface area contributed by atoms with Gasteiger partial charge in [-0.3, -0.25) is 4.21 Å². The minimum Gasteiger partial charge on any atom is -0.255 e. The van der Waals surface area contributed by atoms with Crippen molar-refractivity contribution < 1.29 is 26.2 Å². The van der Waals surface area contributed by atoms with Crippen molar-refractivity contribution in [1.29, 1.82) is 0 Å². The molecule has 0 N–H and O–H groups in total. The number of alkyl halides is 3. The fourth-order valence-corrected chi connectivity index (χ4v) is 2.78. The van der Waals surface area contributed by atoms with Crippen LogP contribution >= 0.6 is 0 Å². The predicted octanol–water partition coefficient (Wildman–Crippen LogP) is 4.90. The molecule has 1 atom stereocenters. The Balaban J connectivity index is 2.16. The Morgan fingerprint density at radius 1 is 0.957 bits per heavy atom. The first kappa shape index (κ1) is 17.3. The smallest absolute Gasteiger partial charge is 0.255 e. The zero-order valence-electron chi connectivity index (χ0n) is 11.6. The summed E-state index contributed by atoms with van der Waals surface area (Å²) < 4.78 is 76.1. The molecule has 1 unspecified atom stereocenters. The van der Waals surface area contributed by atoms with E-state index in [1.54, 1.807) is 0 Å². The standard InChI is InChI=1S/C16H11F5OS/c17-13-4-1-11(2-5-13)10-23(22)8-7-12-3-6-14(18)9-15(12)16(19,20)21/h1-9H,10H2. The van der Waals surface area contributed by atoms with E-state index in [-0.39, 0.29) is 11.3 Å². The van der Waals surface area contributed by atoms with Gasteiger partial charge >= 0.3 is 6.18 Å². The van der Waals surface area contributed by atoms with E-state index >= 15 is 0 Å². The van der Waals surface area contributed by atoms with E-state index in [0.717, 1.165) is 23.6 Å². The molecule has 23 heavy (non-hydrogen) atoms. The first-order valence-electron chi connectivity index (χ1n) is 6.42. The monoisotopic (exact) mass is 346 g/mol. The van der Waals surface area contributed by atoms with Gasteiger partial charge in [0.05, 0.1) is 22.1 Å². The number of halogens is 5. The van der Waals surface area contributed by atoms with E-state index in [1.165, 1.54) is 24.3 Å². The van der Waals surface area contributed by atoms with Crippen molar-refractivity contribution in [2.75, 3.05) is 0 Å². The average molecular weight is 346 g/mol. The van der Waals surface area contributed by atoms with Gasteiger partial charge in [-0.25, -0.2) is 8.78 Å². The lowest BCUT2D eigenvalue weighted by atomic mass is 10.1. The second-order valence-corrected chi connectivity index (χ2v) is 6.01. The molecule has 2 rings (SSSR count). The normalized spacial score (nSPS) is 13.4. The summed E-state index contributed by atoms with van der Waals surface area (Å²) in [4.78, 5) is 0. The van der Waals surface area contributed by atoms with Gasteiger partial charge in [-0.2, -0.15) is 13.2 Å². The van der Waals surface area contributed by atoms with Crippen LogP contribution in [0.15, 0.2) is 47.9 Å². The van der Waals surface area contributed by atoms with E-state index in [1.807, 2.05) is 0 Å². The Bertz CT molecular complexity index is 735. The molecular weight excluding hydrogens is 335 g/mol. The van der Waals surface area contributed by atoms with Gasteiger partial charge in [-0.05, 0) is 41.5 Å². The Kier molecular flexibility index (Phi) is 5.30. The Hall–Kier alpha value is -2.02. The van der Waals surface area contributed by atoms with Crippen molar-refractivity contribution in [1.82, 2.24) is 0 Å². The molecule has 1 nitrogen and oxygen atoms in total. The van der Waals surface area contributed by atoms with Crippen LogP contribution in [0.2, 0.25) is 0 Å². The second-order valence-electron chi connectivity index (χ2n) is 4.68. The van der Waals surface area contributed by atoms with Crippen molar-refractivity contribution in [3.63, 3.8) is 0 Å². The molecule has 0 spiro atoms. The topological polar surface area (TPSA) is 17.1 Å². The zero-order valence-corrected chi connectivity index (χ0v) is 12.4.